The van der Waals surface area contributed by atoms with Crippen molar-refractivity contribution in [1.82, 2.24) is 15.5 Å². The Morgan fingerprint density at radius 1 is 1.31 bits per heavy atom. The summed E-state index contributed by atoms with van der Waals surface area (Å²) in [5.74, 6) is 0.160. The second kappa shape index (κ2) is 9.42. The SMILES string of the molecule is CCNC(=NCC(=O)Nc1ccccc1)NC1CCN(CC(F)(F)F)C1. The van der Waals surface area contributed by atoms with Gasteiger partial charge in [0.25, 0.3) is 0 Å². The second-order valence-corrected chi connectivity index (χ2v) is 6.09. The quantitative estimate of drug-likeness (QED) is 0.527. The minimum atomic E-state index is -4.19. The molecule has 1 unspecified atom stereocenters. The fourth-order valence-corrected chi connectivity index (χ4v) is 2.73. The Morgan fingerprint density at radius 2 is 2.04 bits per heavy atom. The number of benzene rings is 1. The normalized spacial score (nSPS) is 18.6. The summed E-state index contributed by atoms with van der Waals surface area (Å²) in [7, 11) is 0. The van der Waals surface area contributed by atoms with E-state index >= 15 is 0 Å². The van der Waals surface area contributed by atoms with Crippen LogP contribution in [-0.2, 0) is 4.79 Å². The lowest BCUT2D eigenvalue weighted by atomic mass is 10.3. The first kappa shape index (κ1) is 20.0. The van der Waals surface area contributed by atoms with E-state index in [1.165, 1.54) is 4.90 Å². The predicted molar refractivity (Wildman–Crippen MR) is 95.1 cm³/mol. The van der Waals surface area contributed by atoms with E-state index in [1.807, 2.05) is 25.1 Å². The number of anilines is 1. The summed E-state index contributed by atoms with van der Waals surface area (Å²) in [6.07, 6.45) is -3.60. The van der Waals surface area contributed by atoms with Crippen molar-refractivity contribution in [1.29, 1.82) is 0 Å². The number of guanidine groups is 1. The number of alkyl halides is 3. The van der Waals surface area contributed by atoms with Gasteiger partial charge in [-0.3, -0.25) is 9.69 Å². The van der Waals surface area contributed by atoms with Crippen LogP contribution in [0.1, 0.15) is 13.3 Å². The van der Waals surface area contributed by atoms with E-state index in [0.717, 1.165) is 0 Å². The lowest BCUT2D eigenvalue weighted by Gasteiger charge is -2.19. The van der Waals surface area contributed by atoms with Gasteiger partial charge in [-0.25, -0.2) is 4.99 Å². The maximum atomic E-state index is 12.5. The Labute approximate surface area is 150 Å². The molecule has 9 heteroatoms. The molecule has 1 aliphatic heterocycles. The van der Waals surface area contributed by atoms with E-state index in [9.17, 15) is 18.0 Å². The molecule has 1 aliphatic rings. The summed E-state index contributed by atoms with van der Waals surface area (Å²) < 4.78 is 37.4. The minimum absolute atomic E-state index is 0.0801. The van der Waals surface area contributed by atoms with Crippen molar-refractivity contribution in [2.24, 2.45) is 4.99 Å². The third kappa shape index (κ3) is 7.30. The number of nitrogens with zero attached hydrogens (tertiary/aromatic N) is 2. The number of hydrogen-bond donors (Lipinski definition) is 3. The molecule has 1 fully saturated rings. The van der Waals surface area contributed by atoms with Gasteiger partial charge in [0.2, 0.25) is 5.91 Å². The van der Waals surface area contributed by atoms with Crippen molar-refractivity contribution in [2.75, 3.05) is 38.0 Å². The first-order valence-electron chi connectivity index (χ1n) is 8.54. The molecule has 0 spiro atoms. The number of rotatable bonds is 6. The number of amides is 1. The van der Waals surface area contributed by atoms with Gasteiger partial charge < -0.3 is 16.0 Å². The Hall–Kier alpha value is -2.29. The number of hydrogen-bond acceptors (Lipinski definition) is 3. The lowest BCUT2D eigenvalue weighted by Crippen LogP contribution is -2.45. The molecule has 0 saturated carbocycles. The van der Waals surface area contributed by atoms with E-state index in [-0.39, 0.29) is 18.5 Å². The van der Waals surface area contributed by atoms with Crippen molar-refractivity contribution in [2.45, 2.75) is 25.6 Å². The van der Waals surface area contributed by atoms with Gasteiger partial charge >= 0.3 is 6.18 Å². The molecule has 144 valence electrons. The van der Waals surface area contributed by atoms with Crippen LogP contribution >= 0.6 is 0 Å². The smallest absolute Gasteiger partial charge is 0.357 e. The van der Waals surface area contributed by atoms with Crippen LogP contribution < -0.4 is 16.0 Å². The molecule has 1 saturated heterocycles. The average Bonchev–Trinajstić information content (AvgIpc) is 2.99. The molecule has 1 amide bonds. The van der Waals surface area contributed by atoms with Crippen LogP contribution in [0.25, 0.3) is 0 Å². The highest BCUT2D eigenvalue weighted by atomic mass is 19.4. The van der Waals surface area contributed by atoms with Crippen molar-refractivity contribution in [3.8, 4) is 0 Å². The molecule has 1 heterocycles. The number of para-hydroxylation sites is 1. The Kier molecular flexibility index (Phi) is 7.26. The van der Waals surface area contributed by atoms with Crippen LogP contribution in [0.5, 0.6) is 0 Å². The molecule has 26 heavy (non-hydrogen) atoms. The van der Waals surface area contributed by atoms with Crippen LogP contribution in [0.4, 0.5) is 18.9 Å². The van der Waals surface area contributed by atoms with Crippen LogP contribution in [0.2, 0.25) is 0 Å². The monoisotopic (exact) mass is 371 g/mol. The van der Waals surface area contributed by atoms with Crippen LogP contribution in [0, 0.1) is 0 Å². The molecule has 6 nitrogen and oxygen atoms in total. The molecule has 0 aliphatic carbocycles. The molecule has 0 bridgehead atoms. The number of carbonyl (C=O) groups is 1. The number of halogens is 3. The predicted octanol–water partition coefficient (Wildman–Crippen LogP) is 1.82. The first-order valence-corrected chi connectivity index (χ1v) is 8.54. The average molecular weight is 371 g/mol. The van der Waals surface area contributed by atoms with Gasteiger partial charge in [-0.1, -0.05) is 18.2 Å². The van der Waals surface area contributed by atoms with Gasteiger partial charge in [-0.2, -0.15) is 13.2 Å². The standard InChI is InChI=1S/C17H24F3N5O/c1-2-21-16(22-10-15(26)23-13-6-4-3-5-7-13)24-14-8-9-25(11-14)12-17(18,19)20/h3-7,14H,2,8-12H2,1H3,(H,23,26)(H2,21,22,24). The number of likely N-dealkylation sites (tertiary alicyclic amines) is 1. The van der Waals surface area contributed by atoms with Gasteiger partial charge in [0, 0.05) is 31.4 Å². The summed E-state index contributed by atoms with van der Waals surface area (Å²) in [4.78, 5) is 17.5. The van der Waals surface area contributed by atoms with Crippen molar-refractivity contribution in [3.05, 3.63) is 30.3 Å². The highest BCUT2D eigenvalue weighted by Gasteiger charge is 2.34. The van der Waals surface area contributed by atoms with Crippen LogP contribution in [0.3, 0.4) is 0 Å². The molecule has 0 radical (unpaired) electrons. The maximum absolute atomic E-state index is 12.5. The maximum Gasteiger partial charge on any atom is 0.401 e. The largest absolute Gasteiger partial charge is 0.401 e. The van der Waals surface area contributed by atoms with Crippen molar-refractivity contribution in [3.63, 3.8) is 0 Å². The third-order valence-electron chi connectivity index (χ3n) is 3.80. The van der Waals surface area contributed by atoms with Gasteiger partial charge in [-0.15, -0.1) is 0 Å². The number of nitrogens with one attached hydrogen (secondary N) is 3. The zero-order valence-corrected chi connectivity index (χ0v) is 14.6. The summed E-state index contributed by atoms with van der Waals surface area (Å²) in [5, 5.41) is 8.84. The van der Waals surface area contributed by atoms with Crippen LogP contribution in [0.15, 0.2) is 35.3 Å². The third-order valence-corrected chi connectivity index (χ3v) is 3.80. The molecule has 2 rings (SSSR count). The Balaban J connectivity index is 1.84. The summed E-state index contributed by atoms with van der Waals surface area (Å²) in [5.41, 5.74) is 0.684. The minimum Gasteiger partial charge on any atom is -0.357 e. The molecule has 1 aromatic rings. The van der Waals surface area contributed by atoms with Gasteiger partial charge in [0.05, 0.1) is 6.54 Å². The molecule has 0 aromatic heterocycles. The Morgan fingerprint density at radius 3 is 2.69 bits per heavy atom. The lowest BCUT2D eigenvalue weighted by molar-refractivity contribution is -0.143. The fourth-order valence-electron chi connectivity index (χ4n) is 2.73. The van der Waals surface area contributed by atoms with E-state index in [0.29, 0.717) is 37.7 Å². The molecule has 3 N–H and O–H groups in total. The molecule has 1 atom stereocenters. The van der Waals surface area contributed by atoms with E-state index < -0.39 is 12.7 Å². The summed E-state index contributed by atoms with van der Waals surface area (Å²) in [6.45, 7) is 2.16. The van der Waals surface area contributed by atoms with Gasteiger partial charge in [-0.05, 0) is 25.5 Å². The topological polar surface area (TPSA) is 68.8 Å². The van der Waals surface area contributed by atoms with Gasteiger partial charge in [0.15, 0.2) is 5.96 Å². The van der Waals surface area contributed by atoms with Crippen LogP contribution in [-0.4, -0.2) is 61.7 Å². The highest BCUT2D eigenvalue weighted by molar-refractivity contribution is 5.94. The zero-order chi connectivity index (χ0) is 19.0. The van der Waals surface area contributed by atoms with E-state index in [1.54, 1.807) is 12.1 Å². The number of carbonyl (C=O) groups excluding carboxylic acids is 1. The second-order valence-electron chi connectivity index (χ2n) is 6.09. The first-order chi connectivity index (χ1) is 12.4. The van der Waals surface area contributed by atoms with Gasteiger partial charge in [0.1, 0.15) is 6.54 Å². The summed E-state index contributed by atoms with van der Waals surface area (Å²) >= 11 is 0. The number of aliphatic imine (C=N–C) groups is 1. The molecular formula is C17H24F3N5O. The van der Waals surface area contributed by atoms with Crippen molar-refractivity contribution < 1.29 is 18.0 Å². The highest BCUT2D eigenvalue weighted by Crippen LogP contribution is 2.19. The fraction of sp³-hybridized carbons (Fsp3) is 0.529. The molecule has 1 aromatic carbocycles. The Bertz CT molecular complexity index is 606. The molecular weight excluding hydrogens is 347 g/mol. The van der Waals surface area contributed by atoms with Crippen molar-refractivity contribution >= 4 is 17.6 Å². The summed E-state index contributed by atoms with van der Waals surface area (Å²) in [6, 6.07) is 8.91. The van der Waals surface area contributed by atoms with E-state index in [2.05, 4.69) is 20.9 Å². The van der Waals surface area contributed by atoms with E-state index in [4.69, 9.17) is 0 Å². The zero-order valence-electron chi connectivity index (χ0n) is 14.6.